The number of hydrogen-bond acceptors (Lipinski definition) is 18. The number of likely N-dealkylation sites (tertiary alicyclic amines) is 1. The van der Waals surface area contributed by atoms with Crippen molar-refractivity contribution in [3.8, 4) is 0 Å². The van der Waals surface area contributed by atoms with E-state index in [1.807, 2.05) is 0 Å². The topological polar surface area (TPSA) is 540 Å². The number of carboxylic acid groups (broad SMARTS) is 2. The summed E-state index contributed by atoms with van der Waals surface area (Å²) in [7, 11) is 0. The summed E-state index contributed by atoms with van der Waals surface area (Å²) in [6, 6.07) is -9.57. The molecule has 0 spiro atoms. The third kappa shape index (κ3) is 28.7. The van der Waals surface area contributed by atoms with Gasteiger partial charge in [-0.3, -0.25) is 62.9 Å². The van der Waals surface area contributed by atoms with Crippen LogP contribution in [0.4, 0.5) is 0 Å². The summed E-state index contributed by atoms with van der Waals surface area (Å²) in [6.45, 7) is 2.87. The van der Waals surface area contributed by atoms with Crippen LogP contribution in [-0.2, 0) is 62.3 Å². The quantitative estimate of drug-likeness (QED) is 0.0155. The van der Waals surface area contributed by atoms with Gasteiger partial charge in [0.15, 0.2) is 5.96 Å². The van der Waals surface area contributed by atoms with Gasteiger partial charge in [-0.05, 0) is 63.3 Å². The molecule has 0 saturated carbocycles. The third-order valence-corrected chi connectivity index (χ3v) is 11.8. The van der Waals surface area contributed by atoms with Gasteiger partial charge in [0.2, 0.25) is 65.0 Å². The van der Waals surface area contributed by atoms with E-state index in [4.69, 9.17) is 27.7 Å². The molecule has 1 fully saturated rings. The maximum atomic E-state index is 14.0. The number of guanidine groups is 1. The van der Waals surface area contributed by atoms with Gasteiger partial charge in [0.1, 0.15) is 36.3 Å². The first-order chi connectivity index (χ1) is 37.6. The van der Waals surface area contributed by atoms with Crippen LogP contribution < -0.4 is 75.7 Å². The lowest BCUT2D eigenvalue weighted by molar-refractivity contribution is -0.144. The van der Waals surface area contributed by atoms with Gasteiger partial charge in [0.25, 0.3) is 0 Å². The molecule has 1 aliphatic heterocycles. The second kappa shape index (κ2) is 37.2. The number of nitrogens with zero attached hydrogens (tertiary/aromatic N) is 1. The van der Waals surface area contributed by atoms with E-state index < -0.39 is 177 Å². The summed E-state index contributed by atoms with van der Waals surface area (Å²) in [5.74, 6) is -13.1. The van der Waals surface area contributed by atoms with Gasteiger partial charge in [0.05, 0.1) is 51.5 Å². The second-order valence-corrected chi connectivity index (χ2v) is 19.7. The van der Waals surface area contributed by atoms with E-state index in [-0.39, 0.29) is 63.0 Å². The first-order valence-corrected chi connectivity index (χ1v) is 26.0. The number of β-amino-alcohol motifs (C(OH)–C–C–N with tert-alkyl or cyclic N) is 1. The third-order valence-electron chi connectivity index (χ3n) is 11.8. The van der Waals surface area contributed by atoms with E-state index in [2.05, 4.69) is 58.5 Å². The highest BCUT2D eigenvalue weighted by atomic mass is 16.4. The normalized spacial score (nSPS) is 16.0. The highest BCUT2D eigenvalue weighted by molar-refractivity contribution is 5.97. The zero-order valence-corrected chi connectivity index (χ0v) is 45.5. The van der Waals surface area contributed by atoms with Crippen molar-refractivity contribution in [1.82, 2.24) is 63.4 Å². The number of aliphatic carboxylic acids is 2. The molecule has 0 radical (unpaired) electrons. The van der Waals surface area contributed by atoms with E-state index >= 15 is 0 Å². The number of hydrogen-bond donors (Lipinski definition) is 19. The minimum absolute atomic E-state index is 0.0373. The summed E-state index contributed by atoms with van der Waals surface area (Å²) in [4.78, 5) is 167. The molecule has 0 bridgehead atoms. The van der Waals surface area contributed by atoms with Crippen LogP contribution in [0.15, 0.2) is 0 Å². The van der Waals surface area contributed by atoms with Crippen molar-refractivity contribution >= 4 is 82.9 Å². The first kappa shape index (κ1) is 70.2. The number of amides is 11. The van der Waals surface area contributed by atoms with Crippen LogP contribution in [0.3, 0.4) is 0 Å². The highest BCUT2D eigenvalue weighted by Crippen LogP contribution is 2.19. The Balaban J connectivity index is 2.99. The Hall–Kier alpha value is -7.78. The van der Waals surface area contributed by atoms with Crippen molar-refractivity contribution in [1.29, 1.82) is 5.41 Å². The van der Waals surface area contributed by atoms with E-state index in [0.717, 1.165) is 4.90 Å². The number of carboxylic acids is 2. The van der Waals surface area contributed by atoms with Gasteiger partial charge in [-0.15, -0.1) is 0 Å². The number of rotatable bonds is 38. The molecule has 80 heavy (non-hydrogen) atoms. The number of nitrogens with one attached hydrogen (secondary N) is 12. The van der Waals surface area contributed by atoms with Gasteiger partial charge in [-0.25, -0.2) is 4.79 Å². The minimum atomic E-state index is -1.70. The Morgan fingerprint density at radius 1 is 0.575 bits per heavy atom. The van der Waals surface area contributed by atoms with Crippen LogP contribution in [0, 0.1) is 17.2 Å². The largest absolute Gasteiger partial charge is 0.481 e. The van der Waals surface area contributed by atoms with Crippen LogP contribution in [-0.4, -0.2) is 216 Å². The number of carbonyl (C=O) groups excluding carboxylic acids is 11. The molecule has 0 aromatic heterocycles. The second-order valence-electron chi connectivity index (χ2n) is 19.7. The molecule has 33 heteroatoms. The summed E-state index contributed by atoms with van der Waals surface area (Å²) < 4.78 is 0. The van der Waals surface area contributed by atoms with Crippen molar-refractivity contribution in [3.63, 3.8) is 0 Å². The van der Waals surface area contributed by atoms with Crippen molar-refractivity contribution in [2.45, 2.75) is 140 Å². The molecule has 1 aliphatic rings. The highest BCUT2D eigenvalue weighted by Gasteiger charge is 2.40. The molecule has 0 aromatic rings. The molecule has 0 unspecified atom stereocenters. The Labute approximate surface area is 461 Å². The number of unbranched alkanes of at least 4 members (excludes halogenated alkanes) is 1. The average molecular weight is 1140 g/mol. The number of nitrogens with two attached hydrogens (primary N) is 3. The lowest BCUT2D eigenvalue weighted by atomic mass is 10.0. The molecule has 22 N–H and O–H groups in total. The van der Waals surface area contributed by atoms with Gasteiger partial charge < -0.3 is 101 Å². The Bertz CT molecular complexity index is 2170. The van der Waals surface area contributed by atoms with E-state index in [1.54, 1.807) is 27.7 Å². The summed E-state index contributed by atoms with van der Waals surface area (Å²) in [5.41, 5.74) is 16.6. The maximum Gasteiger partial charge on any atom is 0.326 e. The van der Waals surface area contributed by atoms with Gasteiger partial charge in [0, 0.05) is 25.9 Å². The van der Waals surface area contributed by atoms with Crippen LogP contribution in [0.5, 0.6) is 0 Å². The molecule has 1 rings (SSSR count). The molecule has 452 valence electrons. The van der Waals surface area contributed by atoms with Gasteiger partial charge >= 0.3 is 11.9 Å². The first-order valence-electron chi connectivity index (χ1n) is 26.0. The molecular weight excluding hydrogens is 1060 g/mol. The molecular formula is C47H82N16O17. The predicted octanol–water partition coefficient (Wildman–Crippen LogP) is -8.29. The molecule has 33 nitrogen and oxygen atoms in total. The fourth-order valence-electron chi connectivity index (χ4n) is 7.64. The molecule has 1 heterocycles. The minimum Gasteiger partial charge on any atom is -0.481 e. The Kier molecular flexibility index (Phi) is 32.6. The molecule has 8 atom stereocenters. The molecule has 0 aliphatic carbocycles. The van der Waals surface area contributed by atoms with Crippen LogP contribution >= 0.6 is 0 Å². The maximum absolute atomic E-state index is 14.0. The molecule has 0 aromatic carbocycles. The van der Waals surface area contributed by atoms with Gasteiger partial charge in [-0.2, -0.15) is 0 Å². The monoisotopic (exact) mass is 1140 g/mol. The molecule has 1 saturated heterocycles. The Morgan fingerprint density at radius 3 is 1.60 bits per heavy atom. The molecule has 11 amide bonds. The summed E-state index contributed by atoms with van der Waals surface area (Å²) in [5, 5.41) is 72.1. The lowest BCUT2D eigenvalue weighted by Crippen LogP contribution is -2.59. The van der Waals surface area contributed by atoms with Gasteiger partial charge in [-0.1, -0.05) is 34.1 Å². The fraction of sp³-hybridized carbons (Fsp3) is 0.702. The summed E-state index contributed by atoms with van der Waals surface area (Å²) >= 11 is 0. The zero-order valence-electron chi connectivity index (χ0n) is 45.5. The summed E-state index contributed by atoms with van der Waals surface area (Å²) in [6.07, 6.45) is -0.828. The van der Waals surface area contributed by atoms with Crippen molar-refractivity contribution in [3.05, 3.63) is 0 Å². The van der Waals surface area contributed by atoms with Crippen molar-refractivity contribution in [2.24, 2.45) is 29.0 Å². The average Bonchev–Trinajstić information content (AvgIpc) is 3.79. The number of carbonyl (C=O) groups is 13. The Morgan fingerprint density at radius 2 is 1.07 bits per heavy atom. The standard InChI is InChI=1S/C47H82N16O17/c1-24(2)14-30(58-37(69)20-54-34(66)17-53-35(67)18-56-40(73)27(49)8-5-6-12-48)43(76)59-28(9-7-13-52-47(50)51)42(75)61-31(15-25(3)4)44(77)62-32(23-64)41(74)57-19-36(68)55-21-38(70)63-22-26(65)16-33(63)45(78)60-29(46(79)80)10-11-39(71)72/h24-33,64-65H,5-23,48-49H2,1-4H3,(H,53,67)(H,54,66)(H,55,68)(H,56,73)(H,57,74)(H,58,69)(H,59,76)(H,60,78)(H,61,75)(H,62,77)(H,71,72)(H,79,80)(H4,50,51,52)/t26-,27+,28+,29+,30+,31+,32+,33+/m1/s1. The fourth-order valence-corrected chi connectivity index (χ4v) is 7.64. The van der Waals surface area contributed by atoms with Crippen LogP contribution in [0.1, 0.15) is 91.9 Å². The number of aliphatic hydroxyl groups is 2. The van der Waals surface area contributed by atoms with Crippen molar-refractivity contribution in [2.75, 3.05) is 59.0 Å². The zero-order chi connectivity index (χ0) is 60.6. The SMILES string of the molecule is CC(C)C[C@H](NC(=O)CNC(=O)CNC(=O)CNC(=O)[C@@H](N)CCCCN)C(=O)N[C@@H](CCCNC(=N)N)C(=O)N[C@@H](CC(C)C)C(=O)N[C@@H](CO)C(=O)NCC(=O)NCC(=O)N1C[C@H](O)C[C@H]1C(=O)N[C@@H](CCC(=O)O)C(=O)O. The van der Waals surface area contributed by atoms with E-state index in [0.29, 0.717) is 25.8 Å². The number of aliphatic hydroxyl groups excluding tert-OH is 2. The van der Waals surface area contributed by atoms with Crippen molar-refractivity contribution < 1.29 is 82.8 Å². The van der Waals surface area contributed by atoms with Crippen LogP contribution in [0.25, 0.3) is 0 Å². The lowest BCUT2D eigenvalue weighted by Gasteiger charge is -2.27. The van der Waals surface area contributed by atoms with Crippen LogP contribution in [0.2, 0.25) is 0 Å². The smallest absolute Gasteiger partial charge is 0.326 e. The predicted molar refractivity (Wildman–Crippen MR) is 281 cm³/mol. The van der Waals surface area contributed by atoms with E-state index in [1.165, 1.54) is 0 Å². The van der Waals surface area contributed by atoms with E-state index in [9.17, 15) is 77.6 Å².